The summed E-state index contributed by atoms with van der Waals surface area (Å²) in [5, 5.41) is 7.29. The Morgan fingerprint density at radius 3 is 1.80 bits per heavy atom. The fraction of sp³-hybridized carbons (Fsp3) is 0.333. The third-order valence-electron chi connectivity index (χ3n) is 4.09. The number of rotatable bonds is 3. The SMILES string of the molecule is CC1CNC(C(c2ccccc2)c2ccccc2)CN1. The van der Waals surface area contributed by atoms with Crippen LogP contribution in [0.3, 0.4) is 0 Å². The summed E-state index contributed by atoms with van der Waals surface area (Å²) in [7, 11) is 0. The zero-order valence-corrected chi connectivity index (χ0v) is 11.9. The minimum Gasteiger partial charge on any atom is -0.311 e. The molecule has 0 radical (unpaired) electrons. The Labute approximate surface area is 121 Å². The molecule has 2 unspecified atom stereocenters. The van der Waals surface area contributed by atoms with Gasteiger partial charge < -0.3 is 10.6 Å². The molecule has 104 valence electrons. The van der Waals surface area contributed by atoms with Gasteiger partial charge in [-0.05, 0) is 18.1 Å². The van der Waals surface area contributed by atoms with Crippen molar-refractivity contribution in [2.45, 2.75) is 24.9 Å². The zero-order valence-electron chi connectivity index (χ0n) is 11.9. The van der Waals surface area contributed by atoms with Gasteiger partial charge in [-0.2, -0.15) is 0 Å². The molecule has 0 aliphatic carbocycles. The molecule has 1 heterocycles. The summed E-state index contributed by atoms with van der Waals surface area (Å²) in [5.41, 5.74) is 2.76. The van der Waals surface area contributed by atoms with E-state index in [0.29, 0.717) is 18.0 Å². The van der Waals surface area contributed by atoms with Crippen molar-refractivity contribution in [3.05, 3.63) is 71.8 Å². The summed E-state index contributed by atoms with van der Waals surface area (Å²) in [6.45, 7) is 4.26. The summed E-state index contributed by atoms with van der Waals surface area (Å²) >= 11 is 0. The van der Waals surface area contributed by atoms with Crippen LogP contribution in [-0.4, -0.2) is 25.2 Å². The summed E-state index contributed by atoms with van der Waals surface area (Å²) in [6.07, 6.45) is 0. The largest absolute Gasteiger partial charge is 0.311 e. The Balaban J connectivity index is 1.92. The molecule has 2 nitrogen and oxygen atoms in total. The minimum atomic E-state index is 0.400. The van der Waals surface area contributed by atoms with Crippen LogP contribution < -0.4 is 10.6 Å². The fourth-order valence-electron chi connectivity index (χ4n) is 3.01. The molecule has 0 saturated carbocycles. The summed E-state index contributed by atoms with van der Waals surface area (Å²) in [6, 6.07) is 22.6. The summed E-state index contributed by atoms with van der Waals surface area (Å²) in [4.78, 5) is 0. The second kappa shape index (κ2) is 6.21. The Kier molecular flexibility index (Phi) is 4.14. The smallest absolute Gasteiger partial charge is 0.0302 e. The summed E-state index contributed by atoms with van der Waals surface area (Å²) < 4.78 is 0. The van der Waals surface area contributed by atoms with Gasteiger partial charge in [0.15, 0.2) is 0 Å². The van der Waals surface area contributed by atoms with E-state index >= 15 is 0 Å². The quantitative estimate of drug-likeness (QED) is 0.892. The van der Waals surface area contributed by atoms with Crippen molar-refractivity contribution in [1.82, 2.24) is 10.6 Å². The van der Waals surface area contributed by atoms with Crippen molar-refractivity contribution in [3.63, 3.8) is 0 Å². The van der Waals surface area contributed by atoms with Gasteiger partial charge in [0.25, 0.3) is 0 Å². The van der Waals surface area contributed by atoms with Gasteiger partial charge >= 0.3 is 0 Å². The molecule has 0 spiro atoms. The predicted molar refractivity (Wildman–Crippen MR) is 84.0 cm³/mol. The van der Waals surface area contributed by atoms with Crippen molar-refractivity contribution < 1.29 is 0 Å². The normalized spacial score (nSPS) is 22.9. The van der Waals surface area contributed by atoms with Gasteiger partial charge in [0, 0.05) is 31.1 Å². The number of hydrogen-bond acceptors (Lipinski definition) is 2. The van der Waals surface area contributed by atoms with Crippen molar-refractivity contribution in [1.29, 1.82) is 0 Å². The van der Waals surface area contributed by atoms with Crippen molar-refractivity contribution in [3.8, 4) is 0 Å². The first-order valence-corrected chi connectivity index (χ1v) is 7.41. The van der Waals surface area contributed by atoms with Crippen LogP contribution in [0.4, 0.5) is 0 Å². The van der Waals surface area contributed by atoms with E-state index in [1.165, 1.54) is 11.1 Å². The van der Waals surface area contributed by atoms with E-state index in [1.807, 2.05) is 0 Å². The fourth-order valence-corrected chi connectivity index (χ4v) is 3.01. The molecular weight excluding hydrogens is 244 g/mol. The van der Waals surface area contributed by atoms with Crippen LogP contribution in [0.15, 0.2) is 60.7 Å². The molecule has 0 bridgehead atoms. The highest BCUT2D eigenvalue weighted by atomic mass is 15.1. The lowest BCUT2D eigenvalue weighted by atomic mass is 9.84. The molecule has 20 heavy (non-hydrogen) atoms. The van der Waals surface area contributed by atoms with Gasteiger partial charge in [-0.25, -0.2) is 0 Å². The van der Waals surface area contributed by atoms with Crippen LogP contribution in [-0.2, 0) is 0 Å². The topological polar surface area (TPSA) is 24.1 Å². The Morgan fingerprint density at radius 1 is 0.800 bits per heavy atom. The third-order valence-corrected chi connectivity index (χ3v) is 4.09. The average Bonchev–Trinajstić information content (AvgIpc) is 2.52. The lowest BCUT2D eigenvalue weighted by molar-refractivity contribution is 0.339. The van der Waals surface area contributed by atoms with E-state index in [4.69, 9.17) is 0 Å². The second-order valence-corrected chi connectivity index (χ2v) is 5.62. The highest BCUT2D eigenvalue weighted by Gasteiger charge is 2.27. The lowest BCUT2D eigenvalue weighted by Crippen LogP contribution is -2.55. The van der Waals surface area contributed by atoms with E-state index < -0.39 is 0 Å². The van der Waals surface area contributed by atoms with Crippen LogP contribution >= 0.6 is 0 Å². The Morgan fingerprint density at radius 2 is 1.35 bits per heavy atom. The van der Waals surface area contributed by atoms with E-state index in [0.717, 1.165) is 13.1 Å². The molecule has 2 heteroatoms. The number of hydrogen-bond donors (Lipinski definition) is 2. The molecule has 0 amide bonds. The highest BCUT2D eigenvalue weighted by molar-refractivity contribution is 5.34. The van der Waals surface area contributed by atoms with Crippen molar-refractivity contribution in [2.24, 2.45) is 0 Å². The minimum absolute atomic E-state index is 0.400. The van der Waals surface area contributed by atoms with Gasteiger partial charge in [-0.15, -0.1) is 0 Å². The van der Waals surface area contributed by atoms with Crippen molar-refractivity contribution in [2.75, 3.05) is 13.1 Å². The maximum Gasteiger partial charge on any atom is 0.0302 e. The molecule has 2 aromatic carbocycles. The van der Waals surface area contributed by atoms with Gasteiger partial charge in [0.2, 0.25) is 0 Å². The molecule has 1 fully saturated rings. The second-order valence-electron chi connectivity index (χ2n) is 5.62. The van der Waals surface area contributed by atoms with Crippen LogP contribution in [0, 0.1) is 0 Å². The Bertz CT molecular complexity index is 476. The number of benzene rings is 2. The first-order valence-electron chi connectivity index (χ1n) is 7.41. The van der Waals surface area contributed by atoms with Gasteiger partial charge in [-0.1, -0.05) is 60.7 Å². The van der Waals surface area contributed by atoms with E-state index in [9.17, 15) is 0 Å². The van der Waals surface area contributed by atoms with E-state index in [-0.39, 0.29) is 0 Å². The highest BCUT2D eigenvalue weighted by Crippen LogP contribution is 2.28. The van der Waals surface area contributed by atoms with Crippen molar-refractivity contribution >= 4 is 0 Å². The molecule has 1 aliphatic heterocycles. The maximum atomic E-state index is 3.70. The first-order chi connectivity index (χ1) is 9.84. The standard InChI is InChI=1S/C18H22N2/c1-14-12-20-17(13-19-14)18(15-8-4-2-5-9-15)16-10-6-3-7-11-16/h2-11,14,17-20H,12-13H2,1H3. The molecule has 2 aromatic rings. The molecule has 2 atom stereocenters. The van der Waals surface area contributed by atoms with E-state index in [2.05, 4.69) is 78.2 Å². The van der Waals surface area contributed by atoms with Gasteiger partial charge in [-0.3, -0.25) is 0 Å². The zero-order chi connectivity index (χ0) is 13.8. The van der Waals surface area contributed by atoms with Crippen LogP contribution in [0.2, 0.25) is 0 Å². The third kappa shape index (κ3) is 2.92. The molecular formula is C18H22N2. The number of nitrogens with one attached hydrogen (secondary N) is 2. The lowest BCUT2D eigenvalue weighted by Gasteiger charge is -2.35. The molecule has 1 aliphatic rings. The molecule has 1 saturated heterocycles. The number of piperazine rings is 1. The first kappa shape index (κ1) is 13.3. The monoisotopic (exact) mass is 266 g/mol. The molecule has 3 rings (SSSR count). The van der Waals surface area contributed by atoms with Crippen LogP contribution in [0.25, 0.3) is 0 Å². The van der Waals surface area contributed by atoms with E-state index in [1.54, 1.807) is 0 Å². The molecule has 2 N–H and O–H groups in total. The predicted octanol–water partition coefficient (Wildman–Crippen LogP) is 2.77. The van der Waals surface area contributed by atoms with Crippen LogP contribution in [0.1, 0.15) is 24.0 Å². The Hall–Kier alpha value is -1.64. The molecule has 0 aromatic heterocycles. The van der Waals surface area contributed by atoms with Gasteiger partial charge in [0.1, 0.15) is 0 Å². The average molecular weight is 266 g/mol. The van der Waals surface area contributed by atoms with Gasteiger partial charge in [0.05, 0.1) is 0 Å². The summed E-state index contributed by atoms with van der Waals surface area (Å²) in [5.74, 6) is 0.400. The van der Waals surface area contributed by atoms with Crippen LogP contribution in [0.5, 0.6) is 0 Å². The maximum absolute atomic E-state index is 3.70.